The number of phosphoric ester groups is 1. The van der Waals surface area contributed by atoms with Crippen LogP contribution >= 0.6 is 20.5 Å². The number of thiol groups is 1. The van der Waals surface area contributed by atoms with E-state index in [2.05, 4.69) is 12.6 Å². The third kappa shape index (κ3) is 22.7. The molecule has 0 amide bonds. The second-order valence-electron chi connectivity index (χ2n) is 9.15. The van der Waals surface area contributed by atoms with E-state index in [-0.39, 0.29) is 6.10 Å². The van der Waals surface area contributed by atoms with E-state index in [1.54, 1.807) is 0 Å². The Morgan fingerprint density at radius 2 is 1.11 bits per heavy atom. The molecular weight excluding hydrogens is 393 g/mol. The average molecular weight is 441 g/mol. The van der Waals surface area contributed by atoms with Crippen molar-refractivity contribution in [2.75, 3.05) is 33.4 Å². The molecule has 0 radical (unpaired) electrons. The Labute approximate surface area is 179 Å². The summed E-state index contributed by atoms with van der Waals surface area (Å²) in [6.45, 7) is 0.611. The second kappa shape index (κ2) is 17.1. The van der Waals surface area contributed by atoms with Crippen molar-refractivity contribution in [2.45, 2.75) is 102 Å². The van der Waals surface area contributed by atoms with Crippen LogP contribution in [-0.2, 0) is 9.09 Å². The van der Waals surface area contributed by atoms with E-state index in [9.17, 15) is 4.57 Å². The molecule has 0 aliphatic heterocycles. The fraction of sp³-hybridized carbons (Fsp3) is 1.00. The molecule has 0 fully saturated rings. The molecule has 170 valence electrons. The molecule has 0 aromatic rings. The minimum absolute atomic E-state index is 0.376. The highest BCUT2D eigenvalue weighted by Gasteiger charge is 2.26. The summed E-state index contributed by atoms with van der Waals surface area (Å²) in [5.41, 5.74) is 0. The smallest absolute Gasteiger partial charge is 0.329 e. The summed E-state index contributed by atoms with van der Waals surface area (Å²) in [6.07, 6.45) is 18.4. The molecule has 0 aliphatic carbocycles. The van der Waals surface area contributed by atoms with E-state index in [0.717, 1.165) is 18.6 Å². The topological polar surface area (TPSA) is 66.8 Å². The third-order valence-electron chi connectivity index (χ3n) is 4.97. The van der Waals surface area contributed by atoms with E-state index in [4.69, 9.17) is 14.3 Å². The maximum Gasteiger partial charge on any atom is 0.470 e. The first kappa shape index (κ1) is 28.4. The molecule has 0 heterocycles. The SMILES string of the molecule is C[N+](C)(C)CC(CCCCCCCCCCCCCCCCS)OP(=O)(O)O. The Balaban J connectivity index is 3.54. The van der Waals surface area contributed by atoms with Gasteiger partial charge in [0.1, 0.15) is 12.6 Å². The van der Waals surface area contributed by atoms with Crippen molar-refractivity contribution in [1.29, 1.82) is 0 Å². The fourth-order valence-corrected chi connectivity index (χ4v) is 4.37. The highest BCUT2D eigenvalue weighted by Crippen LogP contribution is 2.39. The van der Waals surface area contributed by atoms with Gasteiger partial charge in [-0.25, -0.2) is 4.57 Å². The molecular formula is C21H47NO4PS+. The monoisotopic (exact) mass is 440 g/mol. The highest BCUT2D eigenvalue weighted by molar-refractivity contribution is 7.80. The molecule has 0 saturated carbocycles. The van der Waals surface area contributed by atoms with Crippen molar-refractivity contribution in [2.24, 2.45) is 0 Å². The van der Waals surface area contributed by atoms with E-state index in [0.29, 0.717) is 17.4 Å². The van der Waals surface area contributed by atoms with Gasteiger partial charge in [-0.15, -0.1) is 0 Å². The minimum Gasteiger partial charge on any atom is -0.329 e. The number of hydrogen-bond acceptors (Lipinski definition) is 3. The molecule has 0 saturated heterocycles. The molecule has 28 heavy (non-hydrogen) atoms. The number of nitrogens with zero attached hydrogens (tertiary/aromatic N) is 1. The Hall–Kier alpha value is 0.420. The van der Waals surface area contributed by atoms with Gasteiger partial charge in [0.25, 0.3) is 0 Å². The normalized spacial score (nSPS) is 13.8. The molecule has 7 heteroatoms. The van der Waals surface area contributed by atoms with Gasteiger partial charge in [-0.2, -0.15) is 12.6 Å². The Morgan fingerprint density at radius 1 is 0.750 bits per heavy atom. The van der Waals surface area contributed by atoms with E-state index in [1.807, 2.05) is 21.1 Å². The van der Waals surface area contributed by atoms with Gasteiger partial charge in [0.15, 0.2) is 0 Å². The maximum atomic E-state index is 11.2. The molecule has 1 unspecified atom stereocenters. The summed E-state index contributed by atoms with van der Waals surface area (Å²) < 4.78 is 16.8. The highest BCUT2D eigenvalue weighted by atomic mass is 32.1. The molecule has 0 bridgehead atoms. The predicted molar refractivity (Wildman–Crippen MR) is 123 cm³/mol. The van der Waals surface area contributed by atoms with Crippen molar-refractivity contribution in [3.63, 3.8) is 0 Å². The molecule has 0 aromatic heterocycles. The van der Waals surface area contributed by atoms with Crippen molar-refractivity contribution in [3.8, 4) is 0 Å². The summed E-state index contributed by atoms with van der Waals surface area (Å²) in [5, 5.41) is 0. The van der Waals surface area contributed by atoms with Gasteiger partial charge in [-0.3, -0.25) is 4.52 Å². The lowest BCUT2D eigenvalue weighted by Gasteiger charge is -2.29. The Kier molecular flexibility index (Phi) is 17.4. The summed E-state index contributed by atoms with van der Waals surface area (Å²) in [7, 11) is 1.63. The molecule has 5 nitrogen and oxygen atoms in total. The number of unbranched alkanes of at least 4 members (excludes halogenated alkanes) is 13. The zero-order valence-corrected chi connectivity index (χ0v) is 20.4. The van der Waals surface area contributed by atoms with Crippen LogP contribution in [0, 0.1) is 0 Å². The first-order chi connectivity index (χ1) is 13.1. The van der Waals surface area contributed by atoms with Crippen LogP contribution in [0.15, 0.2) is 0 Å². The number of quaternary nitrogens is 1. The van der Waals surface area contributed by atoms with Crippen LogP contribution in [0.25, 0.3) is 0 Å². The summed E-state index contributed by atoms with van der Waals surface area (Å²) in [6, 6.07) is 0. The van der Waals surface area contributed by atoms with Crippen molar-refractivity contribution < 1.29 is 23.4 Å². The van der Waals surface area contributed by atoms with Crippen LogP contribution < -0.4 is 0 Å². The van der Waals surface area contributed by atoms with Gasteiger partial charge in [0, 0.05) is 0 Å². The molecule has 0 rings (SSSR count). The summed E-state index contributed by atoms with van der Waals surface area (Å²) in [4.78, 5) is 18.2. The van der Waals surface area contributed by atoms with Gasteiger partial charge in [0.05, 0.1) is 21.1 Å². The minimum atomic E-state index is -4.41. The standard InChI is InChI=1S/C21H46NO4PS/c1-22(2,3)20-21(26-27(23,24)25)18-16-14-12-10-8-6-4-5-7-9-11-13-15-17-19-28/h21H,4-20H2,1-3H3,(H2-,23,24,25,28)/p+1. The lowest BCUT2D eigenvalue weighted by Crippen LogP contribution is -2.42. The number of hydrogen-bond donors (Lipinski definition) is 3. The lowest BCUT2D eigenvalue weighted by atomic mass is 10.0. The van der Waals surface area contributed by atoms with Crippen molar-refractivity contribution >= 4 is 20.5 Å². The molecule has 0 aromatic carbocycles. The zero-order valence-electron chi connectivity index (χ0n) is 18.7. The molecule has 2 N–H and O–H groups in total. The predicted octanol–water partition coefficient (Wildman–Crippen LogP) is 5.95. The number of likely N-dealkylation sites (N-methyl/N-ethyl adjacent to an activating group) is 1. The van der Waals surface area contributed by atoms with E-state index < -0.39 is 7.82 Å². The molecule has 0 aliphatic rings. The summed E-state index contributed by atoms with van der Waals surface area (Å²) in [5.74, 6) is 1.03. The van der Waals surface area contributed by atoms with Gasteiger partial charge in [-0.05, 0) is 18.6 Å². The fourth-order valence-electron chi connectivity index (χ4n) is 3.59. The van der Waals surface area contributed by atoms with Crippen LogP contribution in [0.5, 0.6) is 0 Å². The maximum absolute atomic E-state index is 11.2. The van der Waals surface area contributed by atoms with E-state index in [1.165, 1.54) is 77.0 Å². The zero-order chi connectivity index (χ0) is 21.3. The lowest BCUT2D eigenvalue weighted by molar-refractivity contribution is -0.873. The first-order valence-corrected chi connectivity index (χ1v) is 13.5. The Bertz CT molecular complexity index is 398. The van der Waals surface area contributed by atoms with Gasteiger partial charge < -0.3 is 14.3 Å². The third-order valence-corrected chi connectivity index (χ3v) is 5.86. The number of rotatable bonds is 20. The second-order valence-corrected chi connectivity index (χ2v) is 10.8. The largest absolute Gasteiger partial charge is 0.470 e. The van der Waals surface area contributed by atoms with Crippen molar-refractivity contribution in [1.82, 2.24) is 0 Å². The van der Waals surface area contributed by atoms with Crippen molar-refractivity contribution in [3.05, 3.63) is 0 Å². The van der Waals surface area contributed by atoms with Crippen LogP contribution in [0.2, 0.25) is 0 Å². The van der Waals surface area contributed by atoms with E-state index >= 15 is 0 Å². The summed E-state index contributed by atoms with van der Waals surface area (Å²) >= 11 is 4.24. The average Bonchev–Trinajstić information content (AvgIpc) is 2.55. The van der Waals surface area contributed by atoms with Crippen LogP contribution in [0.1, 0.15) is 96.3 Å². The van der Waals surface area contributed by atoms with Crippen LogP contribution in [-0.4, -0.2) is 53.8 Å². The van der Waals surface area contributed by atoms with Crippen LogP contribution in [0.3, 0.4) is 0 Å². The van der Waals surface area contributed by atoms with Gasteiger partial charge >= 0.3 is 7.82 Å². The molecule has 1 atom stereocenters. The number of phosphoric acid groups is 1. The quantitative estimate of drug-likeness (QED) is 0.0947. The Morgan fingerprint density at radius 3 is 1.43 bits per heavy atom. The first-order valence-electron chi connectivity index (χ1n) is 11.3. The van der Waals surface area contributed by atoms with Gasteiger partial charge in [0.2, 0.25) is 0 Å². The van der Waals surface area contributed by atoms with Crippen LogP contribution in [0.4, 0.5) is 0 Å². The molecule has 0 spiro atoms. The van der Waals surface area contributed by atoms with Gasteiger partial charge in [-0.1, -0.05) is 83.5 Å².